The molecule has 2 aromatic carbocycles. The molecule has 0 saturated carbocycles. The first kappa shape index (κ1) is 17.4. The van der Waals surface area contributed by atoms with Crippen molar-refractivity contribution in [2.24, 2.45) is 0 Å². The maximum atomic E-state index is 14.1. The molecule has 0 saturated heterocycles. The summed E-state index contributed by atoms with van der Waals surface area (Å²) in [5.41, 5.74) is -0.0913. The van der Waals surface area contributed by atoms with Crippen molar-refractivity contribution in [2.45, 2.75) is 6.92 Å². The quantitative estimate of drug-likeness (QED) is 0.665. The van der Waals surface area contributed by atoms with E-state index in [1.54, 1.807) is 19.1 Å². The highest BCUT2D eigenvalue weighted by Gasteiger charge is 2.31. The smallest absolute Gasteiger partial charge is 0.268 e. The normalized spacial score (nSPS) is 10.4. The molecule has 0 atom stereocenters. The Morgan fingerprint density at radius 2 is 1.31 bits per heavy atom. The number of aryl methyl sites for hydroxylation is 1. The molecular weight excluding hydrogens is 338 g/mol. The molecule has 0 spiro atoms. The van der Waals surface area contributed by atoms with Gasteiger partial charge in [0.25, 0.3) is 11.8 Å². The van der Waals surface area contributed by atoms with E-state index in [4.69, 9.17) is 0 Å². The zero-order valence-electron chi connectivity index (χ0n) is 13.8. The SMILES string of the molecule is Cc1cccnc1N(C(=O)c1ccccc1F)C(=O)c1ccccc1F. The van der Waals surface area contributed by atoms with Crippen molar-refractivity contribution in [1.82, 2.24) is 4.98 Å². The van der Waals surface area contributed by atoms with Crippen molar-refractivity contribution in [3.63, 3.8) is 0 Å². The number of hydrogen-bond donors (Lipinski definition) is 0. The van der Waals surface area contributed by atoms with Crippen molar-refractivity contribution < 1.29 is 18.4 Å². The van der Waals surface area contributed by atoms with Crippen LogP contribution in [0.15, 0.2) is 66.9 Å². The van der Waals surface area contributed by atoms with E-state index in [9.17, 15) is 18.4 Å². The van der Waals surface area contributed by atoms with E-state index in [2.05, 4.69) is 4.98 Å². The molecule has 0 fully saturated rings. The van der Waals surface area contributed by atoms with Crippen LogP contribution >= 0.6 is 0 Å². The van der Waals surface area contributed by atoms with Crippen LogP contribution < -0.4 is 4.90 Å². The fourth-order valence-electron chi connectivity index (χ4n) is 2.51. The molecule has 1 heterocycles. The molecule has 4 nitrogen and oxygen atoms in total. The summed E-state index contributed by atoms with van der Waals surface area (Å²) in [6, 6.07) is 13.9. The largest absolute Gasteiger partial charge is 0.269 e. The van der Waals surface area contributed by atoms with Crippen molar-refractivity contribution in [2.75, 3.05) is 4.90 Å². The summed E-state index contributed by atoms with van der Waals surface area (Å²) in [5, 5.41) is 0. The maximum Gasteiger partial charge on any atom is 0.269 e. The summed E-state index contributed by atoms with van der Waals surface area (Å²) < 4.78 is 28.2. The van der Waals surface area contributed by atoms with E-state index in [1.165, 1.54) is 42.6 Å². The third-order valence-corrected chi connectivity index (χ3v) is 3.81. The topological polar surface area (TPSA) is 50.3 Å². The Morgan fingerprint density at radius 1 is 0.808 bits per heavy atom. The number of amides is 2. The number of hydrogen-bond acceptors (Lipinski definition) is 3. The number of nitrogens with zero attached hydrogens (tertiary/aromatic N) is 2. The van der Waals surface area contributed by atoms with Crippen LogP contribution in [-0.2, 0) is 0 Å². The lowest BCUT2D eigenvalue weighted by Gasteiger charge is -2.22. The van der Waals surface area contributed by atoms with Gasteiger partial charge in [0.15, 0.2) is 0 Å². The molecule has 0 aliphatic heterocycles. The number of aromatic nitrogens is 1. The van der Waals surface area contributed by atoms with Crippen LogP contribution in [0.5, 0.6) is 0 Å². The van der Waals surface area contributed by atoms with E-state index in [-0.39, 0.29) is 16.9 Å². The third-order valence-electron chi connectivity index (χ3n) is 3.81. The third kappa shape index (κ3) is 3.21. The molecular formula is C20H14F2N2O2. The van der Waals surface area contributed by atoms with Gasteiger partial charge in [-0.2, -0.15) is 0 Å². The van der Waals surface area contributed by atoms with Crippen molar-refractivity contribution in [1.29, 1.82) is 0 Å². The molecule has 0 aliphatic rings. The Labute approximate surface area is 148 Å². The Bertz CT molecular complexity index is 931. The van der Waals surface area contributed by atoms with Crippen LogP contribution in [0, 0.1) is 18.6 Å². The maximum absolute atomic E-state index is 14.1. The van der Waals surface area contributed by atoms with Gasteiger partial charge in [-0.05, 0) is 42.8 Å². The highest BCUT2D eigenvalue weighted by molar-refractivity contribution is 6.25. The molecule has 0 bridgehead atoms. The van der Waals surface area contributed by atoms with Crippen LogP contribution in [0.2, 0.25) is 0 Å². The molecule has 0 N–H and O–H groups in total. The predicted octanol–water partition coefficient (Wildman–Crippen LogP) is 4.16. The minimum absolute atomic E-state index is 0.0222. The first-order valence-corrected chi connectivity index (χ1v) is 7.80. The Kier molecular flexibility index (Phi) is 4.84. The molecule has 1 aromatic heterocycles. The van der Waals surface area contributed by atoms with E-state index in [0.29, 0.717) is 10.5 Å². The van der Waals surface area contributed by atoms with Crippen LogP contribution in [0.4, 0.5) is 14.6 Å². The fourth-order valence-corrected chi connectivity index (χ4v) is 2.51. The summed E-state index contributed by atoms with van der Waals surface area (Å²) >= 11 is 0. The first-order chi connectivity index (χ1) is 12.5. The summed E-state index contributed by atoms with van der Waals surface area (Å²) in [4.78, 5) is 30.7. The highest BCUT2D eigenvalue weighted by Crippen LogP contribution is 2.23. The second kappa shape index (κ2) is 7.23. The summed E-state index contributed by atoms with van der Waals surface area (Å²) in [5.74, 6) is -3.37. The summed E-state index contributed by atoms with van der Waals surface area (Å²) in [6.07, 6.45) is 1.40. The van der Waals surface area contributed by atoms with Gasteiger partial charge in [0, 0.05) is 6.20 Å². The molecule has 6 heteroatoms. The molecule has 2 amide bonds. The molecule has 0 unspecified atom stereocenters. The molecule has 3 aromatic rings. The van der Waals surface area contributed by atoms with Crippen LogP contribution in [0.3, 0.4) is 0 Å². The summed E-state index contributed by atoms with van der Waals surface area (Å²) in [7, 11) is 0. The highest BCUT2D eigenvalue weighted by atomic mass is 19.1. The monoisotopic (exact) mass is 352 g/mol. The molecule has 26 heavy (non-hydrogen) atoms. The zero-order chi connectivity index (χ0) is 18.7. The van der Waals surface area contributed by atoms with Gasteiger partial charge in [0.1, 0.15) is 17.5 Å². The van der Waals surface area contributed by atoms with Gasteiger partial charge in [0.2, 0.25) is 0 Å². The Hall–Kier alpha value is -3.41. The van der Waals surface area contributed by atoms with Crippen LogP contribution in [-0.4, -0.2) is 16.8 Å². The Balaban J connectivity index is 2.16. The molecule has 3 rings (SSSR count). The number of rotatable bonds is 3. The number of carbonyl (C=O) groups is 2. The van der Waals surface area contributed by atoms with Gasteiger partial charge < -0.3 is 0 Å². The predicted molar refractivity (Wildman–Crippen MR) is 92.9 cm³/mol. The number of pyridine rings is 1. The van der Waals surface area contributed by atoms with Crippen molar-refractivity contribution in [3.05, 3.63) is 95.2 Å². The number of halogens is 2. The lowest BCUT2D eigenvalue weighted by molar-refractivity contribution is 0.0892. The van der Waals surface area contributed by atoms with Gasteiger partial charge in [-0.1, -0.05) is 30.3 Å². The average molecular weight is 352 g/mol. The van der Waals surface area contributed by atoms with E-state index in [1.807, 2.05) is 0 Å². The second-order valence-corrected chi connectivity index (χ2v) is 5.55. The number of benzene rings is 2. The lowest BCUT2D eigenvalue weighted by Crippen LogP contribution is -2.39. The molecule has 0 radical (unpaired) electrons. The van der Waals surface area contributed by atoms with Crippen LogP contribution in [0.1, 0.15) is 26.3 Å². The van der Waals surface area contributed by atoms with Crippen molar-refractivity contribution >= 4 is 17.6 Å². The number of carbonyl (C=O) groups excluding carboxylic acids is 2. The summed E-state index contributed by atoms with van der Waals surface area (Å²) in [6.45, 7) is 1.65. The van der Waals surface area contributed by atoms with E-state index >= 15 is 0 Å². The van der Waals surface area contributed by atoms with Gasteiger partial charge in [-0.15, -0.1) is 0 Å². The van der Waals surface area contributed by atoms with Crippen molar-refractivity contribution in [3.8, 4) is 0 Å². The number of anilines is 1. The molecule has 0 aliphatic carbocycles. The van der Waals surface area contributed by atoms with Gasteiger partial charge in [-0.3, -0.25) is 9.59 Å². The zero-order valence-corrected chi connectivity index (χ0v) is 13.8. The van der Waals surface area contributed by atoms with Crippen LogP contribution in [0.25, 0.3) is 0 Å². The van der Waals surface area contributed by atoms with E-state index < -0.39 is 23.4 Å². The van der Waals surface area contributed by atoms with Gasteiger partial charge >= 0.3 is 0 Å². The number of imide groups is 1. The lowest BCUT2D eigenvalue weighted by atomic mass is 10.1. The molecule has 130 valence electrons. The minimum Gasteiger partial charge on any atom is -0.268 e. The Morgan fingerprint density at radius 3 is 1.77 bits per heavy atom. The average Bonchev–Trinajstić information content (AvgIpc) is 2.64. The van der Waals surface area contributed by atoms with Gasteiger partial charge in [-0.25, -0.2) is 18.7 Å². The second-order valence-electron chi connectivity index (χ2n) is 5.55. The van der Waals surface area contributed by atoms with Gasteiger partial charge in [0.05, 0.1) is 11.1 Å². The van der Waals surface area contributed by atoms with E-state index in [0.717, 1.165) is 12.1 Å². The fraction of sp³-hybridized carbons (Fsp3) is 0.0500. The minimum atomic E-state index is -0.918. The first-order valence-electron chi connectivity index (χ1n) is 7.80. The standard InChI is InChI=1S/C20H14F2N2O2/c1-13-7-6-12-23-18(13)24(19(25)14-8-2-4-10-16(14)21)20(26)15-9-3-5-11-17(15)22/h2-12H,1H3.